The van der Waals surface area contributed by atoms with Crippen molar-refractivity contribution >= 4 is 11.9 Å². The molecule has 0 spiro atoms. The van der Waals surface area contributed by atoms with E-state index in [1.165, 1.54) is 36.5 Å². The van der Waals surface area contributed by atoms with E-state index < -0.39 is 17.4 Å². The summed E-state index contributed by atoms with van der Waals surface area (Å²) < 4.78 is 27.5. The molecule has 132 valence electrons. The molecule has 2 aromatic rings. The Balaban J connectivity index is 2.16. The summed E-state index contributed by atoms with van der Waals surface area (Å²) in [4.78, 5) is 21.1. The summed E-state index contributed by atoms with van der Waals surface area (Å²) in [6, 6.07) is 5.85. The molecule has 1 fully saturated rings. The van der Waals surface area contributed by atoms with E-state index in [4.69, 9.17) is 5.41 Å². The number of halogens is 2. The number of likely N-dealkylation sites (N-methyl/N-ethyl adjacent to an activating group) is 1. The molecule has 25 heavy (non-hydrogen) atoms. The van der Waals surface area contributed by atoms with E-state index in [0.717, 1.165) is 6.92 Å². The Kier molecular flexibility index (Phi) is 3.85. The van der Waals surface area contributed by atoms with Gasteiger partial charge in [0.2, 0.25) is 5.91 Å². The first-order chi connectivity index (χ1) is 11.6. The molecule has 1 amide bonds. The van der Waals surface area contributed by atoms with Gasteiger partial charge in [-0.1, -0.05) is 18.2 Å². The Morgan fingerprint density at radius 3 is 2.72 bits per heavy atom. The molecule has 8 heteroatoms. The van der Waals surface area contributed by atoms with E-state index in [0.29, 0.717) is 11.3 Å². The quantitative estimate of drug-likeness (QED) is 0.798. The normalized spacial score (nSPS) is 24.4. The van der Waals surface area contributed by atoms with Crippen molar-refractivity contribution in [1.82, 2.24) is 20.2 Å². The van der Waals surface area contributed by atoms with Crippen molar-refractivity contribution in [1.29, 1.82) is 5.41 Å². The minimum Gasteiger partial charge on any atom is -0.347 e. The zero-order valence-corrected chi connectivity index (χ0v) is 14.1. The number of carbonyl (C=O) groups excluding carboxylic acids is 1. The highest BCUT2D eigenvalue weighted by Gasteiger charge is 2.49. The van der Waals surface area contributed by atoms with Gasteiger partial charge in [0.1, 0.15) is 0 Å². The smallest absolute Gasteiger partial charge is 0.270 e. The highest BCUT2D eigenvalue weighted by Crippen LogP contribution is 2.41. The number of aromatic nitrogens is 2. The first-order valence-electron chi connectivity index (χ1n) is 7.76. The standard InChI is InChI=1S/C17H19F2N5O/c1-16(12-8-21-9-22-12)13(14(25)24(3)15(20)23-16)10-5-4-6-11(7-10)17(2,18)19/h4-9,13H,1-3H3,(H2,20,23)(H,21,22). The van der Waals surface area contributed by atoms with Crippen LogP contribution in [0.3, 0.4) is 0 Å². The predicted octanol–water partition coefficient (Wildman–Crippen LogP) is 2.52. The number of aromatic amines is 1. The molecule has 6 nitrogen and oxygen atoms in total. The number of rotatable bonds is 3. The fourth-order valence-electron chi connectivity index (χ4n) is 3.18. The highest BCUT2D eigenvalue weighted by atomic mass is 19.3. The lowest BCUT2D eigenvalue weighted by Crippen LogP contribution is -2.62. The number of nitrogens with one attached hydrogen (secondary N) is 3. The third-order valence-corrected chi connectivity index (χ3v) is 4.65. The van der Waals surface area contributed by atoms with Gasteiger partial charge in [-0.25, -0.2) is 13.8 Å². The Morgan fingerprint density at radius 2 is 2.12 bits per heavy atom. The summed E-state index contributed by atoms with van der Waals surface area (Å²) in [7, 11) is 1.48. The molecule has 1 aliphatic heterocycles. The number of amides is 1. The van der Waals surface area contributed by atoms with Gasteiger partial charge in [-0.2, -0.15) is 0 Å². The predicted molar refractivity (Wildman–Crippen MR) is 88.3 cm³/mol. The molecular weight excluding hydrogens is 328 g/mol. The van der Waals surface area contributed by atoms with Crippen molar-refractivity contribution < 1.29 is 13.6 Å². The highest BCUT2D eigenvalue weighted by molar-refractivity contribution is 6.02. The second-order valence-corrected chi connectivity index (χ2v) is 6.49. The number of H-pyrrole nitrogens is 1. The summed E-state index contributed by atoms with van der Waals surface area (Å²) in [6.45, 7) is 2.57. The summed E-state index contributed by atoms with van der Waals surface area (Å²) in [6.07, 6.45) is 3.03. The topological polar surface area (TPSA) is 84.9 Å². The van der Waals surface area contributed by atoms with Crippen LogP contribution in [0.25, 0.3) is 0 Å². The van der Waals surface area contributed by atoms with Gasteiger partial charge < -0.3 is 10.3 Å². The van der Waals surface area contributed by atoms with Gasteiger partial charge in [0.25, 0.3) is 5.92 Å². The number of carbonyl (C=O) groups is 1. The number of imidazole rings is 1. The van der Waals surface area contributed by atoms with Crippen LogP contribution < -0.4 is 5.32 Å². The van der Waals surface area contributed by atoms with E-state index >= 15 is 0 Å². The summed E-state index contributed by atoms with van der Waals surface area (Å²) >= 11 is 0. The minimum absolute atomic E-state index is 0.0599. The monoisotopic (exact) mass is 347 g/mol. The van der Waals surface area contributed by atoms with Crippen LogP contribution in [0.1, 0.15) is 36.6 Å². The van der Waals surface area contributed by atoms with Gasteiger partial charge in [0.15, 0.2) is 5.96 Å². The number of hydrogen-bond donors (Lipinski definition) is 3. The molecule has 3 N–H and O–H groups in total. The molecule has 1 aromatic carbocycles. The molecule has 0 radical (unpaired) electrons. The molecule has 1 saturated heterocycles. The Morgan fingerprint density at radius 1 is 1.40 bits per heavy atom. The molecule has 2 atom stereocenters. The van der Waals surface area contributed by atoms with Crippen molar-refractivity contribution in [3.63, 3.8) is 0 Å². The summed E-state index contributed by atoms with van der Waals surface area (Å²) in [5.74, 6) is -4.22. The third-order valence-electron chi connectivity index (χ3n) is 4.65. The molecule has 2 unspecified atom stereocenters. The van der Waals surface area contributed by atoms with Crippen molar-refractivity contribution in [3.8, 4) is 0 Å². The van der Waals surface area contributed by atoms with Crippen molar-refractivity contribution in [2.45, 2.75) is 31.2 Å². The summed E-state index contributed by atoms with van der Waals surface area (Å²) in [5.41, 5.74) is -0.128. The van der Waals surface area contributed by atoms with E-state index in [1.807, 2.05) is 0 Å². The van der Waals surface area contributed by atoms with Gasteiger partial charge in [-0.3, -0.25) is 15.1 Å². The number of benzene rings is 1. The van der Waals surface area contributed by atoms with Crippen LogP contribution >= 0.6 is 0 Å². The van der Waals surface area contributed by atoms with Crippen LogP contribution in [0.15, 0.2) is 36.8 Å². The van der Waals surface area contributed by atoms with Crippen molar-refractivity contribution in [2.24, 2.45) is 0 Å². The SMILES string of the molecule is CN1C(=N)NC(C)(c2cnc[nH]2)C(c2cccc(C(C)(F)F)c2)C1=O. The Hall–Kier alpha value is -2.77. The summed E-state index contributed by atoms with van der Waals surface area (Å²) in [5, 5.41) is 11.0. The zero-order valence-electron chi connectivity index (χ0n) is 14.1. The van der Waals surface area contributed by atoms with Gasteiger partial charge in [-0.15, -0.1) is 0 Å². The fraction of sp³-hybridized carbons (Fsp3) is 0.353. The second kappa shape index (κ2) is 5.65. The largest absolute Gasteiger partial charge is 0.347 e. The molecule has 1 aromatic heterocycles. The number of alkyl halides is 2. The minimum atomic E-state index is -3.01. The molecule has 0 saturated carbocycles. The second-order valence-electron chi connectivity index (χ2n) is 6.49. The number of nitrogens with zero attached hydrogens (tertiary/aromatic N) is 2. The molecule has 2 heterocycles. The molecule has 0 bridgehead atoms. The lowest BCUT2D eigenvalue weighted by atomic mass is 9.75. The Labute approximate surface area is 143 Å². The molecular formula is C17H19F2N5O. The molecule has 3 rings (SSSR count). The van der Waals surface area contributed by atoms with Crippen molar-refractivity contribution in [2.75, 3.05) is 7.05 Å². The average Bonchev–Trinajstić information content (AvgIpc) is 3.07. The van der Waals surface area contributed by atoms with E-state index in [-0.39, 0.29) is 17.4 Å². The van der Waals surface area contributed by atoms with Crippen LogP contribution in [-0.2, 0) is 16.3 Å². The van der Waals surface area contributed by atoms with Crippen LogP contribution in [0.5, 0.6) is 0 Å². The number of guanidine groups is 1. The lowest BCUT2D eigenvalue weighted by Gasteiger charge is -2.45. The van der Waals surface area contributed by atoms with Crippen LogP contribution in [0, 0.1) is 5.41 Å². The number of hydrogen-bond acceptors (Lipinski definition) is 3. The maximum Gasteiger partial charge on any atom is 0.270 e. The van der Waals surface area contributed by atoms with E-state index in [2.05, 4.69) is 15.3 Å². The zero-order chi connectivity index (χ0) is 18.4. The maximum atomic E-state index is 13.7. The Bertz CT molecular complexity index is 815. The first kappa shape index (κ1) is 17.1. The maximum absolute atomic E-state index is 13.7. The van der Waals surface area contributed by atoms with Gasteiger partial charge in [0.05, 0.1) is 29.7 Å². The van der Waals surface area contributed by atoms with Gasteiger partial charge in [0, 0.05) is 19.5 Å². The molecule has 0 aliphatic carbocycles. The van der Waals surface area contributed by atoms with Crippen molar-refractivity contribution in [3.05, 3.63) is 53.6 Å². The lowest BCUT2D eigenvalue weighted by molar-refractivity contribution is -0.131. The van der Waals surface area contributed by atoms with E-state index in [1.54, 1.807) is 19.2 Å². The van der Waals surface area contributed by atoms with Gasteiger partial charge in [-0.05, 0) is 18.6 Å². The first-order valence-corrected chi connectivity index (χ1v) is 7.76. The molecule has 1 aliphatic rings. The third kappa shape index (κ3) is 2.77. The van der Waals surface area contributed by atoms with Crippen LogP contribution in [-0.4, -0.2) is 33.8 Å². The fourth-order valence-corrected chi connectivity index (χ4v) is 3.18. The van der Waals surface area contributed by atoms with Crippen LogP contribution in [0.2, 0.25) is 0 Å². The van der Waals surface area contributed by atoms with E-state index in [9.17, 15) is 13.6 Å². The average molecular weight is 347 g/mol. The van der Waals surface area contributed by atoms with Crippen LogP contribution in [0.4, 0.5) is 8.78 Å². The van der Waals surface area contributed by atoms with Gasteiger partial charge >= 0.3 is 0 Å².